The fourth-order valence-corrected chi connectivity index (χ4v) is 2.68. The van der Waals surface area contributed by atoms with E-state index in [2.05, 4.69) is 9.97 Å². The van der Waals surface area contributed by atoms with Gasteiger partial charge in [0.25, 0.3) is 10.0 Å². The number of anilines is 2. The largest absolute Gasteiger partial charge is 0.481 e. The van der Waals surface area contributed by atoms with Crippen molar-refractivity contribution in [1.29, 1.82) is 0 Å². The standard InChI is InChI=1S/C11H10ClFN4O3S/c1-20-10-5-9(12)15-11(16-10)17-21(18,19)8-4-6(14)2-3-7(8)13/h2-5H,14H2,1H3,(H,15,16,17). The lowest BCUT2D eigenvalue weighted by molar-refractivity contribution is 0.397. The van der Waals surface area contributed by atoms with E-state index >= 15 is 0 Å². The number of nitrogens with zero attached hydrogens (tertiary/aromatic N) is 2. The molecule has 3 N–H and O–H groups in total. The van der Waals surface area contributed by atoms with Crippen LogP contribution in [0.5, 0.6) is 5.88 Å². The second-order valence-electron chi connectivity index (χ2n) is 3.85. The molecule has 0 saturated carbocycles. The number of halogens is 2. The minimum absolute atomic E-state index is 0.0346. The SMILES string of the molecule is COc1cc(Cl)nc(NS(=O)(=O)c2cc(N)ccc2F)n1. The van der Waals surface area contributed by atoms with Crippen LogP contribution >= 0.6 is 11.6 Å². The van der Waals surface area contributed by atoms with Crippen LogP contribution in [0.25, 0.3) is 0 Å². The summed E-state index contributed by atoms with van der Waals surface area (Å²) in [6.07, 6.45) is 0. The molecule has 0 fully saturated rings. The number of aromatic nitrogens is 2. The van der Waals surface area contributed by atoms with Gasteiger partial charge in [-0.15, -0.1) is 0 Å². The molecule has 112 valence electrons. The van der Waals surface area contributed by atoms with Crippen LogP contribution in [-0.2, 0) is 10.0 Å². The number of nitrogens with two attached hydrogens (primary N) is 1. The average molecular weight is 333 g/mol. The van der Waals surface area contributed by atoms with Gasteiger partial charge in [0.05, 0.1) is 7.11 Å². The van der Waals surface area contributed by atoms with Crippen molar-refractivity contribution in [3.8, 4) is 5.88 Å². The van der Waals surface area contributed by atoms with E-state index in [-0.39, 0.29) is 22.7 Å². The van der Waals surface area contributed by atoms with Crippen LogP contribution < -0.4 is 15.2 Å². The molecule has 0 aliphatic carbocycles. The van der Waals surface area contributed by atoms with Gasteiger partial charge in [0, 0.05) is 11.8 Å². The van der Waals surface area contributed by atoms with Crippen LogP contribution in [0.1, 0.15) is 0 Å². The van der Waals surface area contributed by atoms with E-state index in [1.54, 1.807) is 0 Å². The molecule has 0 unspecified atom stereocenters. The fraction of sp³-hybridized carbons (Fsp3) is 0.0909. The normalized spacial score (nSPS) is 11.2. The van der Waals surface area contributed by atoms with E-state index in [1.165, 1.54) is 19.2 Å². The molecule has 0 spiro atoms. The molecule has 0 amide bonds. The van der Waals surface area contributed by atoms with Gasteiger partial charge in [0.1, 0.15) is 15.9 Å². The molecule has 0 atom stereocenters. The monoisotopic (exact) mass is 332 g/mol. The number of benzene rings is 1. The van der Waals surface area contributed by atoms with Gasteiger partial charge < -0.3 is 10.5 Å². The Morgan fingerprint density at radius 2 is 2.05 bits per heavy atom. The van der Waals surface area contributed by atoms with Gasteiger partial charge in [-0.2, -0.15) is 4.98 Å². The van der Waals surface area contributed by atoms with E-state index in [9.17, 15) is 12.8 Å². The first-order valence-corrected chi connectivity index (χ1v) is 7.34. The number of hydrogen-bond acceptors (Lipinski definition) is 6. The summed E-state index contributed by atoms with van der Waals surface area (Å²) in [6.45, 7) is 0. The Labute approximate surface area is 125 Å². The smallest absolute Gasteiger partial charge is 0.267 e. The molecule has 7 nitrogen and oxygen atoms in total. The molecule has 1 aromatic heterocycles. The maximum absolute atomic E-state index is 13.6. The van der Waals surface area contributed by atoms with Gasteiger partial charge in [0.2, 0.25) is 11.8 Å². The number of hydrogen-bond donors (Lipinski definition) is 2. The van der Waals surface area contributed by atoms with E-state index in [0.29, 0.717) is 0 Å². The predicted octanol–water partition coefficient (Wildman–Crippen LogP) is 1.66. The third kappa shape index (κ3) is 3.50. The molecular weight excluding hydrogens is 323 g/mol. The lowest BCUT2D eigenvalue weighted by Crippen LogP contribution is -2.17. The first kappa shape index (κ1) is 15.3. The number of methoxy groups -OCH3 is 1. The summed E-state index contributed by atoms with van der Waals surface area (Å²) in [5.74, 6) is -1.24. The summed E-state index contributed by atoms with van der Waals surface area (Å²) >= 11 is 5.70. The highest BCUT2D eigenvalue weighted by Crippen LogP contribution is 2.22. The summed E-state index contributed by atoms with van der Waals surface area (Å²) in [5, 5.41) is -0.0346. The molecule has 1 heterocycles. The topological polar surface area (TPSA) is 107 Å². The molecule has 0 aliphatic heterocycles. The molecule has 2 rings (SSSR count). The van der Waals surface area contributed by atoms with Crippen molar-refractivity contribution < 1.29 is 17.5 Å². The van der Waals surface area contributed by atoms with Crippen LogP contribution in [0.4, 0.5) is 16.0 Å². The van der Waals surface area contributed by atoms with E-state index in [4.69, 9.17) is 22.1 Å². The van der Waals surface area contributed by atoms with Crippen molar-refractivity contribution in [2.45, 2.75) is 4.90 Å². The minimum Gasteiger partial charge on any atom is -0.481 e. The summed E-state index contributed by atoms with van der Waals surface area (Å²) < 4.78 is 44.7. The average Bonchev–Trinajstić information content (AvgIpc) is 2.40. The summed E-state index contributed by atoms with van der Waals surface area (Å²) in [7, 11) is -2.92. The van der Waals surface area contributed by atoms with Gasteiger partial charge >= 0.3 is 0 Å². The van der Waals surface area contributed by atoms with Gasteiger partial charge in [-0.05, 0) is 18.2 Å². The van der Waals surface area contributed by atoms with Crippen LogP contribution in [0.2, 0.25) is 5.15 Å². The van der Waals surface area contributed by atoms with Gasteiger partial charge in [-0.25, -0.2) is 22.5 Å². The summed E-state index contributed by atoms with van der Waals surface area (Å²) in [4.78, 5) is 6.81. The Morgan fingerprint density at radius 1 is 1.33 bits per heavy atom. The molecule has 0 bridgehead atoms. The third-order valence-corrected chi connectivity index (χ3v) is 3.89. The van der Waals surface area contributed by atoms with Crippen LogP contribution in [0.15, 0.2) is 29.2 Å². The molecule has 0 saturated heterocycles. The molecule has 0 aliphatic rings. The zero-order valence-corrected chi connectivity index (χ0v) is 12.2. The Hall–Kier alpha value is -2.13. The highest BCUT2D eigenvalue weighted by molar-refractivity contribution is 7.92. The Balaban J connectivity index is 2.42. The highest BCUT2D eigenvalue weighted by atomic mass is 35.5. The summed E-state index contributed by atoms with van der Waals surface area (Å²) in [5.41, 5.74) is 5.55. The lowest BCUT2D eigenvalue weighted by Gasteiger charge is -2.09. The third-order valence-electron chi connectivity index (χ3n) is 2.35. The van der Waals surface area contributed by atoms with Crippen molar-refractivity contribution >= 4 is 33.3 Å². The maximum Gasteiger partial charge on any atom is 0.267 e. The first-order chi connectivity index (χ1) is 9.81. The van der Waals surface area contributed by atoms with Crippen LogP contribution in [-0.4, -0.2) is 25.5 Å². The van der Waals surface area contributed by atoms with Crippen molar-refractivity contribution in [2.75, 3.05) is 17.6 Å². The minimum atomic E-state index is -4.25. The molecule has 2 aromatic rings. The molecule has 0 radical (unpaired) electrons. The van der Waals surface area contributed by atoms with Crippen molar-refractivity contribution in [2.24, 2.45) is 0 Å². The molecule has 10 heteroatoms. The molecule has 21 heavy (non-hydrogen) atoms. The maximum atomic E-state index is 13.6. The Bertz CT molecular complexity index is 785. The summed E-state index contributed by atoms with van der Waals surface area (Å²) in [6, 6.07) is 4.47. The number of nitrogen functional groups attached to an aromatic ring is 1. The Kier molecular flexibility index (Phi) is 4.14. The number of ether oxygens (including phenoxy) is 1. The fourth-order valence-electron chi connectivity index (χ4n) is 1.45. The van der Waals surface area contributed by atoms with Gasteiger partial charge in [-0.3, -0.25) is 0 Å². The quantitative estimate of drug-likeness (QED) is 0.651. The second kappa shape index (κ2) is 5.70. The van der Waals surface area contributed by atoms with Crippen molar-refractivity contribution in [3.05, 3.63) is 35.2 Å². The highest BCUT2D eigenvalue weighted by Gasteiger charge is 2.21. The Morgan fingerprint density at radius 3 is 2.71 bits per heavy atom. The van der Waals surface area contributed by atoms with E-state index in [1.807, 2.05) is 4.72 Å². The number of rotatable bonds is 4. The van der Waals surface area contributed by atoms with Crippen LogP contribution in [0, 0.1) is 5.82 Å². The molecular formula is C11H10ClFN4O3S. The second-order valence-corrected chi connectivity index (χ2v) is 5.89. The first-order valence-electron chi connectivity index (χ1n) is 5.48. The number of nitrogens with one attached hydrogen (secondary N) is 1. The predicted molar refractivity (Wildman–Crippen MR) is 75.2 cm³/mol. The van der Waals surface area contributed by atoms with Crippen molar-refractivity contribution in [1.82, 2.24) is 9.97 Å². The zero-order chi connectivity index (χ0) is 15.6. The van der Waals surface area contributed by atoms with Gasteiger partial charge in [-0.1, -0.05) is 11.6 Å². The van der Waals surface area contributed by atoms with Crippen LogP contribution in [0.3, 0.4) is 0 Å². The van der Waals surface area contributed by atoms with E-state index < -0.39 is 20.7 Å². The van der Waals surface area contributed by atoms with Crippen molar-refractivity contribution in [3.63, 3.8) is 0 Å². The molecule has 1 aromatic carbocycles. The van der Waals surface area contributed by atoms with Gasteiger partial charge in [0.15, 0.2) is 0 Å². The lowest BCUT2D eigenvalue weighted by atomic mass is 10.3. The zero-order valence-electron chi connectivity index (χ0n) is 10.7. The van der Waals surface area contributed by atoms with E-state index in [0.717, 1.165) is 12.1 Å². The number of sulfonamides is 1.